The van der Waals surface area contributed by atoms with Crippen LogP contribution in [0.15, 0.2) is 24.3 Å². The predicted octanol–water partition coefficient (Wildman–Crippen LogP) is 1.36. The third-order valence-electron chi connectivity index (χ3n) is 3.83. The Morgan fingerprint density at radius 2 is 1.89 bits per heavy atom. The number of halogens is 1. The lowest BCUT2D eigenvalue weighted by atomic mass is 10.1. The number of benzene rings is 1. The van der Waals surface area contributed by atoms with Crippen molar-refractivity contribution >= 4 is 5.91 Å². The Morgan fingerprint density at radius 3 is 2.56 bits per heavy atom. The molecule has 3 rings (SSSR count). The Balaban J connectivity index is 1.63. The van der Waals surface area contributed by atoms with Crippen molar-refractivity contribution in [2.75, 3.05) is 26.2 Å². The molecule has 3 nitrogen and oxygen atoms in total. The van der Waals surface area contributed by atoms with Crippen molar-refractivity contribution in [3.05, 3.63) is 35.6 Å². The molecule has 1 heterocycles. The number of carbonyl (C=O) groups is 1. The molecule has 1 aliphatic carbocycles. The maximum atomic E-state index is 12.8. The van der Waals surface area contributed by atoms with E-state index in [1.165, 1.54) is 12.1 Å². The van der Waals surface area contributed by atoms with Gasteiger partial charge in [0.1, 0.15) is 5.82 Å². The van der Waals surface area contributed by atoms with Crippen LogP contribution in [0.5, 0.6) is 0 Å². The molecule has 1 saturated carbocycles. The smallest absolute Gasteiger partial charge is 0.226 e. The summed E-state index contributed by atoms with van der Waals surface area (Å²) < 4.78 is 12.8. The maximum absolute atomic E-state index is 12.8. The van der Waals surface area contributed by atoms with E-state index in [2.05, 4.69) is 5.32 Å². The zero-order valence-electron chi connectivity index (χ0n) is 10.2. The molecule has 1 N–H and O–H groups in total. The molecule has 1 amide bonds. The zero-order chi connectivity index (χ0) is 12.5. The van der Waals surface area contributed by atoms with Crippen molar-refractivity contribution in [3.8, 4) is 0 Å². The third-order valence-corrected chi connectivity index (χ3v) is 3.83. The molecule has 0 bridgehead atoms. The van der Waals surface area contributed by atoms with Gasteiger partial charge in [-0.2, -0.15) is 0 Å². The second kappa shape index (κ2) is 4.69. The van der Waals surface area contributed by atoms with Crippen molar-refractivity contribution in [2.45, 2.75) is 12.3 Å². The van der Waals surface area contributed by atoms with Gasteiger partial charge >= 0.3 is 0 Å². The Morgan fingerprint density at radius 1 is 1.22 bits per heavy atom. The lowest BCUT2D eigenvalue weighted by molar-refractivity contribution is -0.133. The first-order valence-corrected chi connectivity index (χ1v) is 6.50. The van der Waals surface area contributed by atoms with Gasteiger partial charge in [0, 0.05) is 32.1 Å². The van der Waals surface area contributed by atoms with Crippen LogP contribution in [0.2, 0.25) is 0 Å². The molecule has 2 aliphatic rings. The number of nitrogens with zero attached hydrogens (tertiary/aromatic N) is 1. The Labute approximate surface area is 106 Å². The lowest BCUT2D eigenvalue weighted by Crippen LogP contribution is -2.47. The van der Waals surface area contributed by atoms with Gasteiger partial charge in [-0.3, -0.25) is 4.79 Å². The first-order valence-electron chi connectivity index (χ1n) is 6.50. The van der Waals surface area contributed by atoms with Gasteiger partial charge in [-0.1, -0.05) is 12.1 Å². The maximum Gasteiger partial charge on any atom is 0.226 e. The summed E-state index contributed by atoms with van der Waals surface area (Å²) >= 11 is 0. The fourth-order valence-corrected chi connectivity index (χ4v) is 2.67. The molecule has 18 heavy (non-hydrogen) atoms. The van der Waals surface area contributed by atoms with E-state index in [0.29, 0.717) is 5.92 Å². The highest BCUT2D eigenvalue weighted by Crippen LogP contribution is 2.48. The molecule has 2 fully saturated rings. The van der Waals surface area contributed by atoms with Crippen molar-refractivity contribution in [2.24, 2.45) is 5.92 Å². The van der Waals surface area contributed by atoms with Crippen LogP contribution < -0.4 is 5.32 Å². The van der Waals surface area contributed by atoms with Crippen molar-refractivity contribution in [1.82, 2.24) is 10.2 Å². The van der Waals surface area contributed by atoms with E-state index in [9.17, 15) is 9.18 Å². The first kappa shape index (κ1) is 11.7. The van der Waals surface area contributed by atoms with E-state index in [-0.39, 0.29) is 17.6 Å². The summed E-state index contributed by atoms with van der Waals surface area (Å²) in [5.41, 5.74) is 1.09. The molecule has 4 heteroatoms. The summed E-state index contributed by atoms with van der Waals surface area (Å²) in [4.78, 5) is 14.2. The van der Waals surface area contributed by atoms with Gasteiger partial charge in [-0.15, -0.1) is 0 Å². The Bertz CT molecular complexity index is 440. The number of nitrogens with one attached hydrogen (secondary N) is 1. The van der Waals surface area contributed by atoms with Gasteiger partial charge in [0.25, 0.3) is 0 Å². The molecule has 0 unspecified atom stereocenters. The van der Waals surface area contributed by atoms with Crippen molar-refractivity contribution in [3.63, 3.8) is 0 Å². The topological polar surface area (TPSA) is 32.3 Å². The molecule has 0 spiro atoms. The third kappa shape index (κ3) is 2.25. The van der Waals surface area contributed by atoms with E-state index < -0.39 is 0 Å². The highest BCUT2D eigenvalue weighted by molar-refractivity contribution is 5.83. The minimum Gasteiger partial charge on any atom is -0.340 e. The summed E-state index contributed by atoms with van der Waals surface area (Å²) in [6.07, 6.45) is 0.911. The number of hydrogen-bond acceptors (Lipinski definition) is 2. The van der Waals surface area contributed by atoms with Crippen LogP contribution in [0, 0.1) is 11.7 Å². The summed E-state index contributed by atoms with van der Waals surface area (Å²) in [5, 5.41) is 3.24. The van der Waals surface area contributed by atoms with Crippen molar-refractivity contribution < 1.29 is 9.18 Å². The molecule has 0 aromatic heterocycles. The van der Waals surface area contributed by atoms with Crippen LogP contribution in [-0.4, -0.2) is 37.0 Å². The summed E-state index contributed by atoms with van der Waals surface area (Å²) in [7, 11) is 0. The number of piperazine rings is 1. The molecule has 1 aromatic rings. The number of amides is 1. The van der Waals surface area contributed by atoms with E-state index in [1.54, 1.807) is 12.1 Å². The highest BCUT2D eigenvalue weighted by atomic mass is 19.1. The fraction of sp³-hybridized carbons (Fsp3) is 0.500. The quantitative estimate of drug-likeness (QED) is 0.857. The van der Waals surface area contributed by atoms with Gasteiger partial charge in [0.2, 0.25) is 5.91 Å². The molecule has 2 atom stereocenters. The number of hydrogen-bond donors (Lipinski definition) is 1. The molecule has 1 saturated heterocycles. The molecular formula is C14H17FN2O. The fourth-order valence-electron chi connectivity index (χ4n) is 2.67. The number of carbonyl (C=O) groups excluding carboxylic acids is 1. The average molecular weight is 248 g/mol. The average Bonchev–Trinajstić information content (AvgIpc) is 3.20. The van der Waals surface area contributed by atoms with E-state index in [0.717, 1.165) is 38.2 Å². The predicted molar refractivity (Wildman–Crippen MR) is 66.7 cm³/mol. The van der Waals surface area contributed by atoms with E-state index >= 15 is 0 Å². The van der Waals surface area contributed by atoms with Crippen LogP contribution in [-0.2, 0) is 4.79 Å². The Hall–Kier alpha value is -1.42. The van der Waals surface area contributed by atoms with Gasteiger partial charge in [0.05, 0.1) is 0 Å². The van der Waals surface area contributed by atoms with E-state index in [4.69, 9.17) is 0 Å². The van der Waals surface area contributed by atoms with Crippen LogP contribution in [0.1, 0.15) is 17.9 Å². The molecule has 1 aromatic carbocycles. The first-order chi connectivity index (χ1) is 8.75. The second-order valence-corrected chi connectivity index (χ2v) is 5.08. The van der Waals surface area contributed by atoms with Crippen LogP contribution in [0.25, 0.3) is 0 Å². The van der Waals surface area contributed by atoms with Crippen LogP contribution in [0.3, 0.4) is 0 Å². The van der Waals surface area contributed by atoms with Crippen LogP contribution >= 0.6 is 0 Å². The molecule has 96 valence electrons. The van der Waals surface area contributed by atoms with Crippen LogP contribution in [0.4, 0.5) is 4.39 Å². The monoisotopic (exact) mass is 248 g/mol. The SMILES string of the molecule is O=C([C@@H]1C[C@H]1c1ccc(F)cc1)N1CCNCC1. The summed E-state index contributed by atoms with van der Waals surface area (Å²) in [6, 6.07) is 6.54. The molecular weight excluding hydrogens is 231 g/mol. The molecule has 0 radical (unpaired) electrons. The summed E-state index contributed by atoms with van der Waals surface area (Å²) in [6.45, 7) is 3.40. The summed E-state index contributed by atoms with van der Waals surface area (Å²) in [5.74, 6) is 0.469. The molecule has 1 aliphatic heterocycles. The van der Waals surface area contributed by atoms with Gasteiger partial charge < -0.3 is 10.2 Å². The van der Waals surface area contributed by atoms with E-state index in [1.807, 2.05) is 4.90 Å². The minimum absolute atomic E-state index is 0.119. The lowest BCUT2D eigenvalue weighted by Gasteiger charge is -2.27. The highest BCUT2D eigenvalue weighted by Gasteiger charge is 2.45. The Kier molecular flexibility index (Phi) is 3.04. The normalized spacial score (nSPS) is 27.1. The van der Waals surface area contributed by atoms with Crippen molar-refractivity contribution in [1.29, 1.82) is 0 Å². The zero-order valence-corrected chi connectivity index (χ0v) is 10.2. The van der Waals surface area contributed by atoms with Gasteiger partial charge in [-0.25, -0.2) is 4.39 Å². The second-order valence-electron chi connectivity index (χ2n) is 5.08. The standard InChI is InChI=1S/C14H17FN2O/c15-11-3-1-10(2-4-11)12-9-13(12)14(18)17-7-5-16-6-8-17/h1-4,12-13,16H,5-9H2/t12-,13+/m0/s1. The number of rotatable bonds is 2. The largest absolute Gasteiger partial charge is 0.340 e. The van der Waals surface area contributed by atoms with Gasteiger partial charge in [0.15, 0.2) is 0 Å². The van der Waals surface area contributed by atoms with Gasteiger partial charge in [-0.05, 0) is 30.0 Å². The minimum atomic E-state index is -0.218.